The van der Waals surface area contributed by atoms with E-state index in [0.29, 0.717) is 28.2 Å². The van der Waals surface area contributed by atoms with E-state index >= 15 is 0 Å². The largest absolute Gasteiger partial charge is 0.493 e. The summed E-state index contributed by atoms with van der Waals surface area (Å²) in [6, 6.07) is 9.77. The number of hydrogen-bond acceptors (Lipinski definition) is 3. The van der Waals surface area contributed by atoms with Crippen LogP contribution in [0.1, 0.15) is 12.5 Å². The maximum absolute atomic E-state index is 13.3. The summed E-state index contributed by atoms with van der Waals surface area (Å²) >= 11 is 3.32. The molecule has 1 heterocycles. The fourth-order valence-electron chi connectivity index (χ4n) is 2.58. The van der Waals surface area contributed by atoms with Crippen molar-refractivity contribution >= 4 is 27.5 Å². The molecule has 1 atom stereocenters. The van der Waals surface area contributed by atoms with Gasteiger partial charge in [0, 0.05) is 10.0 Å². The molecule has 1 amide bonds. The average Bonchev–Trinajstić information content (AvgIpc) is 2.65. The molecule has 2 aromatic carbocycles. The Kier molecular flexibility index (Phi) is 4.26. The number of methoxy groups -OCH3 is 1. The number of ether oxygens (including phenoxy) is 2. The Morgan fingerprint density at radius 1 is 1.35 bits per heavy atom. The van der Waals surface area contributed by atoms with Gasteiger partial charge in [0.25, 0.3) is 5.91 Å². The standard InChI is InChI=1S/C17H15BrFNO3/c1-10-17(21)20(14-7-6-12(19)8-13(14)18)9-11-4-3-5-15(22-2)16(11)23-10/h3-8,10H,9H2,1-2H3. The lowest BCUT2D eigenvalue weighted by molar-refractivity contribution is -0.124. The van der Waals surface area contributed by atoms with E-state index in [-0.39, 0.29) is 11.7 Å². The molecule has 120 valence electrons. The predicted octanol–water partition coefficient (Wildman–Crippen LogP) is 3.91. The van der Waals surface area contributed by atoms with Gasteiger partial charge in [-0.15, -0.1) is 0 Å². The molecule has 23 heavy (non-hydrogen) atoms. The highest BCUT2D eigenvalue weighted by atomic mass is 79.9. The molecule has 0 radical (unpaired) electrons. The summed E-state index contributed by atoms with van der Waals surface area (Å²) in [4.78, 5) is 14.3. The van der Waals surface area contributed by atoms with Gasteiger partial charge in [-0.2, -0.15) is 0 Å². The summed E-state index contributed by atoms with van der Waals surface area (Å²) in [6.07, 6.45) is -0.676. The Morgan fingerprint density at radius 3 is 2.83 bits per heavy atom. The molecule has 0 aromatic heterocycles. The first-order valence-electron chi connectivity index (χ1n) is 7.10. The molecule has 4 nitrogen and oxygen atoms in total. The molecule has 0 saturated heterocycles. The highest BCUT2D eigenvalue weighted by molar-refractivity contribution is 9.10. The smallest absolute Gasteiger partial charge is 0.268 e. The topological polar surface area (TPSA) is 38.8 Å². The molecular weight excluding hydrogens is 365 g/mol. The number of carbonyl (C=O) groups excluding carboxylic acids is 1. The third-order valence-electron chi connectivity index (χ3n) is 3.72. The number of nitrogens with zero attached hydrogens (tertiary/aromatic N) is 1. The molecule has 0 spiro atoms. The van der Waals surface area contributed by atoms with E-state index in [2.05, 4.69) is 15.9 Å². The van der Waals surface area contributed by atoms with Crippen molar-refractivity contribution in [2.45, 2.75) is 19.6 Å². The molecule has 0 N–H and O–H groups in total. The number of anilines is 1. The number of hydrogen-bond donors (Lipinski definition) is 0. The zero-order valence-corrected chi connectivity index (χ0v) is 14.3. The minimum absolute atomic E-state index is 0.199. The first-order valence-corrected chi connectivity index (χ1v) is 7.89. The molecule has 1 aliphatic heterocycles. The molecule has 3 rings (SSSR count). The SMILES string of the molecule is COc1cccc2c1OC(C)C(=O)N(c1ccc(F)cc1Br)C2. The van der Waals surface area contributed by atoms with E-state index in [9.17, 15) is 9.18 Å². The van der Waals surface area contributed by atoms with Gasteiger partial charge in [-0.25, -0.2) is 4.39 Å². The Hall–Kier alpha value is -2.08. The third kappa shape index (κ3) is 2.91. The number of halogens is 2. The van der Waals surface area contributed by atoms with Gasteiger partial charge in [0.15, 0.2) is 17.6 Å². The van der Waals surface area contributed by atoms with Crippen LogP contribution in [0.3, 0.4) is 0 Å². The quantitative estimate of drug-likeness (QED) is 0.793. The number of para-hydroxylation sites is 1. The fourth-order valence-corrected chi connectivity index (χ4v) is 3.14. The summed E-state index contributed by atoms with van der Waals surface area (Å²) in [7, 11) is 1.56. The lowest BCUT2D eigenvalue weighted by atomic mass is 10.1. The third-order valence-corrected chi connectivity index (χ3v) is 4.35. The molecule has 1 unspecified atom stereocenters. The van der Waals surface area contributed by atoms with Crippen molar-refractivity contribution in [1.29, 1.82) is 0 Å². The highest BCUT2D eigenvalue weighted by Crippen LogP contribution is 2.37. The van der Waals surface area contributed by atoms with Crippen LogP contribution in [0.5, 0.6) is 11.5 Å². The summed E-state index contributed by atoms with van der Waals surface area (Å²) in [5.41, 5.74) is 1.43. The number of rotatable bonds is 2. The van der Waals surface area contributed by atoms with Crippen molar-refractivity contribution < 1.29 is 18.7 Å². The molecule has 0 bridgehead atoms. The molecule has 0 saturated carbocycles. The summed E-state index contributed by atoms with van der Waals surface area (Å²) < 4.78 is 25.0. The van der Waals surface area contributed by atoms with Crippen molar-refractivity contribution in [2.24, 2.45) is 0 Å². The molecule has 1 aliphatic rings. The Labute approximate surface area is 141 Å². The van der Waals surface area contributed by atoms with Gasteiger partial charge < -0.3 is 14.4 Å². The number of fused-ring (bicyclic) bond motifs is 1. The zero-order chi connectivity index (χ0) is 16.6. The van der Waals surface area contributed by atoms with Crippen molar-refractivity contribution in [1.82, 2.24) is 0 Å². The maximum Gasteiger partial charge on any atom is 0.268 e. The van der Waals surface area contributed by atoms with Crippen LogP contribution >= 0.6 is 15.9 Å². The fraction of sp³-hybridized carbons (Fsp3) is 0.235. The van der Waals surface area contributed by atoms with Gasteiger partial charge in [0.05, 0.1) is 19.3 Å². The van der Waals surface area contributed by atoms with Crippen LogP contribution < -0.4 is 14.4 Å². The van der Waals surface area contributed by atoms with E-state index in [4.69, 9.17) is 9.47 Å². The van der Waals surface area contributed by atoms with E-state index in [1.54, 1.807) is 31.1 Å². The second-order valence-electron chi connectivity index (χ2n) is 5.23. The normalized spacial score (nSPS) is 17.3. The van der Waals surface area contributed by atoms with Crippen LogP contribution in [0, 0.1) is 5.82 Å². The summed E-state index contributed by atoms with van der Waals surface area (Å²) in [5.74, 6) is 0.587. The second-order valence-corrected chi connectivity index (χ2v) is 6.08. The van der Waals surface area contributed by atoms with Crippen molar-refractivity contribution in [3.05, 3.63) is 52.3 Å². The van der Waals surface area contributed by atoms with Crippen LogP contribution in [-0.4, -0.2) is 19.1 Å². The lowest BCUT2D eigenvalue weighted by Crippen LogP contribution is -2.38. The Morgan fingerprint density at radius 2 is 2.13 bits per heavy atom. The number of carbonyl (C=O) groups is 1. The van der Waals surface area contributed by atoms with Crippen molar-refractivity contribution in [3.8, 4) is 11.5 Å². The maximum atomic E-state index is 13.3. The highest BCUT2D eigenvalue weighted by Gasteiger charge is 2.31. The van der Waals surface area contributed by atoms with Crippen LogP contribution in [0.4, 0.5) is 10.1 Å². The van der Waals surface area contributed by atoms with Crippen LogP contribution in [0.25, 0.3) is 0 Å². The van der Waals surface area contributed by atoms with Crippen LogP contribution in [0.15, 0.2) is 40.9 Å². The monoisotopic (exact) mass is 379 g/mol. The summed E-state index contributed by atoms with van der Waals surface area (Å²) in [6.45, 7) is 2.01. The van der Waals surface area contributed by atoms with E-state index < -0.39 is 6.10 Å². The van der Waals surface area contributed by atoms with Gasteiger partial charge in [-0.1, -0.05) is 12.1 Å². The minimum atomic E-state index is -0.676. The zero-order valence-electron chi connectivity index (χ0n) is 12.7. The first-order chi connectivity index (χ1) is 11.0. The first kappa shape index (κ1) is 15.8. The molecular formula is C17H15BrFNO3. The van der Waals surface area contributed by atoms with Gasteiger partial charge in [-0.3, -0.25) is 4.79 Å². The minimum Gasteiger partial charge on any atom is -0.493 e. The average molecular weight is 380 g/mol. The van der Waals surface area contributed by atoms with Crippen molar-refractivity contribution in [3.63, 3.8) is 0 Å². The van der Waals surface area contributed by atoms with Crippen LogP contribution in [0.2, 0.25) is 0 Å². The van der Waals surface area contributed by atoms with Gasteiger partial charge in [0.2, 0.25) is 0 Å². The van der Waals surface area contributed by atoms with E-state index in [1.807, 2.05) is 12.1 Å². The Balaban J connectivity index is 2.09. The van der Waals surface area contributed by atoms with Gasteiger partial charge in [-0.05, 0) is 47.1 Å². The molecule has 0 fully saturated rings. The summed E-state index contributed by atoms with van der Waals surface area (Å²) in [5, 5.41) is 0. The second kappa shape index (κ2) is 6.20. The van der Waals surface area contributed by atoms with E-state index in [0.717, 1.165) is 5.56 Å². The molecule has 2 aromatic rings. The molecule has 0 aliphatic carbocycles. The van der Waals surface area contributed by atoms with E-state index in [1.165, 1.54) is 12.1 Å². The van der Waals surface area contributed by atoms with Gasteiger partial charge >= 0.3 is 0 Å². The number of amides is 1. The lowest BCUT2D eigenvalue weighted by Gasteiger charge is -2.23. The molecule has 6 heteroatoms. The predicted molar refractivity (Wildman–Crippen MR) is 88.4 cm³/mol. The van der Waals surface area contributed by atoms with Gasteiger partial charge in [0.1, 0.15) is 5.82 Å². The number of benzene rings is 2. The Bertz CT molecular complexity index is 765. The van der Waals surface area contributed by atoms with Crippen LogP contribution in [-0.2, 0) is 11.3 Å². The van der Waals surface area contributed by atoms with Crippen molar-refractivity contribution in [2.75, 3.05) is 12.0 Å².